The number of alkyl halides is 1. The van der Waals surface area contributed by atoms with E-state index in [0.29, 0.717) is 24.2 Å². The maximum Gasteiger partial charge on any atom is 0.288 e. The Morgan fingerprint density at radius 3 is 2.79 bits per heavy atom. The minimum absolute atomic E-state index is 0.0316. The number of aldehydes is 1. The fraction of sp³-hybridized carbons (Fsp3) is 0.583. The molecule has 1 saturated carbocycles. The van der Waals surface area contributed by atoms with Crippen molar-refractivity contribution in [2.75, 3.05) is 11.9 Å². The van der Waals surface area contributed by atoms with Gasteiger partial charge in [-0.05, 0) is 44.6 Å². The second kappa shape index (κ2) is 13.6. The largest absolute Gasteiger partial charge is 0.323 e. The number of carbonyl (C=O) groups excluding carboxylic acids is 2. The molecule has 1 heterocycles. The van der Waals surface area contributed by atoms with Crippen molar-refractivity contribution in [3.63, 3.8) is 0 Å². The fourth-order valence-electron chi connectivity index (χ4n) is 3.76. The molecule has 2 rings (SSSR count). The van der Waals surface area contributed by atoms with Gasteiger partial charge in [0.15, 0.2) is 0 Å². The number of carbonyl (C=O) groups is 2. The molecule has 1 aromatic rings. The van der Waals surface area contributed by atoms with Crippen LogP contribution in [0.2, 0.25) is 0 Å². The molecule has 7 nitrogen and oxygen atoms in total. The average Bonchev–Trinajstić information content (AvgIpc) is 3.29. The third kappa shape index (κ3) is 8.90. The molecule has 0 aromatic carbocycles. The van der Waals surface area contributed by atoms with E-state index in [9.17, 15) is 23.2 Å². The molecule has 0 radical (unpaired) electrons. The zero-order valence-electron chi connectivity index (χ0n) is 19.4. The Morgan fingerprint density at radius 2 is 2.12 bits per heavy atom. The first kappa shape index (κ1) is 26.4. The van der Waals surface area contributed by atoms with Gasteiger partial charge in [0.05, 0.1) is 12.2 Å². The monoisotopic (exact) mass is 464 g/mol. The Kier molecular flexibility index (Phi) is 10.9. The maximum absolute atomic E-state index is 14.6. The summed E-state index contributed by atoms with van der Waals surface area (Å²) in [6, 6.07) is 1.33. The summed E-state index contributed by atoms with van der Waals surface area (Å²) in [5.74, 6) is -1.04. The number of aryl methyl sites for hydroxylation is 1. The molecule has 0 bridgehead atoms. The predicted octanol–water partition coefficient (Wildman–Crippen LogP) is 4.43. The minimum Gasteiger partial charge on any atom is -0.323 e. The van der Waals surface area contributed by atoms with Gasteiger partial charge in [0, 0.05) is 37.2 Å². The highest BCUT2D eigenvalue weighted by Gasteiger charge is 2.20. The Morgan fingerprint density at radius 1 is 1.39 bits per heavy atom. The van der Waals surface area contributed by atoms with Gasteiger partial charge in [0.25, 0.3) is 5.56 Å². The molecular formula is C24H34F2N4O3. The standard InChI is InChI=1S/C24H34F2N4O3/c1-3-4-11-27-30(15-18(2)17-31)16-20(25)9-12-29-13-10-21(23(26)24(29)33)28-22(32)14-19-7-5-6-8-19/h10-11,13,15,17,19-20H,3-9,12,14,16H2,1-2H3,(H,28,32)/b18-15+,27-11+. The van der Waals surface area contributed by atoms with Gasteiger partial charge >= 0.3 is 0 Å². The number of pyridine rings is 1. The van der Waals surface area contributed by atoms with Gasteiger partial charge in [-0.3, -0.25) is 19.4 Å². The highest BCUT2D eigenvalue weighted by Crippen LogP contribution is 2.27. The van der Waals surface area contributed by atoms with Crippen molar-refractivity contribution in [2.24, 2.45) is 11.0 Å². The van der Waals surface area contributed by atoms with E-state index in [1.165, 1.54) is 23.5 Å². The molecule has 1 aliphatic rings. The lowest BCUT2D eigenvalue weighted by atomic mass is 10.0. The second-order valence-corrected chi connectivity index (χ2v) is 8.53. The first-order valence-electron chi connectivity index (χ1n) is 11.6. The van der Waals surface area contributed by atoms with E-state index in [1.807, 2.05) is 6.92 Å². The van der Waals surface area contributed by atoms with Gasteiger partial charge < -0.3 is 9.88 Å². The smallest absolute Gasteiger partial charge is 0.288 e. The lowest BCUT2D eigenvalue weighted by Gasteiger charge is -2.18. The summed E-state index contributed by atoms with van der Waals surface area (Å²) < 4.78 is 30.2. The number of nitrogens with one attached hydrogen (secondary N) is 1. The van der Waals surface area contributed by atoms with Gasteiger partial charge in [-0.25, -0.2) is 4.39 Å². The number of hydrogen-bond acceptors (Lipinski definition) is 5. The molecular weight excluding hydrogens is 430 g/mol. The Bertz CT molecular complexity index is 907. The van der Waals surface area contributed by atoms with Gasteiger partial charge in [-0.1, -0.05) is 26.2 Å². The quantitative estimate of drug-likeness (QED) is 0.203. The number of anilines is 1. The van der Waals surface area contributed by atoms with Crippen LogP contribution >= 0.6 is 0 Å². The maximum atomic E-state index is 14.6. The van der Waals surface area contributed by atoms with Crippen LogP contribution < -0.4 is 10.9 Å². The van der Waals surface area contributed by atoms with Crippen LogP contribution in [0.5, 0.6) is 0 Å². The average molecular weight is 465 g/mol. The van der Waals surface area contributed by atoms with E-state index in [1.54, 1.807) is 13.1 Å². The Hall–Kier alpha value is -2.84. The van der Waals surface area contributed by atoms with Crippen LogP contribution in [-0.2, 0) is 16.1 Å². The third-order valence-electron chi connectivity index (χ3n) is 5.58. The highest BCUT2D eigenvalue weighted by molar-refractivity contribution is 5.90. The van der Waals surface area contributed by atoms with Crippen LogP contribution in [0.15, 0.2) is 33.9 Å². The lowest BCUT2D eigenvalue weighted by Crippen LogP contribution is -2.28. The topological polar surface area (TPSA) is 83.8 Å². The number of aromatic nitrogens is 1. The van der Waals surface area contributed by atoms with Gasteiger partial charge in [-0.2, -0.15) is 9.49 Å². The molecule has 1 aromatic heterocycles. The SMILES string of the molecule is CCC/C=N/N(/C=C(\C)C=O)CC(F)CCn1ccc(NC(=O)CC2CCCC2)c(F)c1=O. The molecule has 182 valence electrons. The molecule has 0 saturated heterocycles. The van der Waals surface area contributed by atoms with Crippen molar-refractivity contribution in [1.82, 2.24) is 9.58 Å². The van der Waals surface area contributed by atoms with E-state index in [4.69, 9.17) is 0 Å². The summed E-state index contributed by atoms with van der Waals surface area (Å²) in [4.78, 5) is 35.4. The summed E-state index contributed by atoms with van der Waals surface area (Å²) in [6.07, 6.45) is 9.85. The van der Waals surface area contributed by atoms with Gasteiger partial charge in [0.2, 0.25) is 11.7 Å². The number of rotatable bonds is 13. The molecule has 0 aliphatic heterocycles. The van der Waals surface area contributed by atoms with Crippen molar-refractivity contribution < 1.29 is 18.4 Å². The van der Waals surface area contributed by atoms with Crippen molar-refractivity contribution >= 4 is 24.1 Å². The fourth-order valence-corrected chi connectivity index (χ4v) is 3.76. The summed E-state index contributed by atoms with van der Waals surface area (Å²) in [5.41, 5.74) is -0.656. The van der Waals surface area contributed by atoms with E-state index >= 15 is 0 Å². The van der Waals surface area contributed by atoms with Crippen LogP contribution in [0, 0.1) is 11.7 Å². The first-order valence-corrected chi connectivity index (χ1v) is 11.6. The molecule has 1 aliphatic carbocycles. The molecule has 9 heteroatoms. The van der Waals surface area contributed by atoms with Gasteiger partial charge in [0.1, 0.15) is 12.5 Å². The molecule has 1 unspecified atom stereocenters. The highest BCUT2D eigenvalue weighted by atomic mass is 19.1. The van der Waals surface area contributed by atoms with Crippen LogP contribution in [0.3, 0.4) is 0 Å². The summed E-state index contributed by atoms with van der Waals surface area (Å²) in [6.45, 7) is 3.46. The van der Waals surface area contributed by atoms with Crippen molar-refractivity contribution in [3.05, 3.63) is 40.2 Å². The molecule has 1 atom stereocenters. The number of amides is 1. The van der Waals surface area contributed by atoms with Crippen LogP contribution in [0.1, 0.15) is 65.2 Å². The zero-order valence-corrected chi connectivity index (χ0v) is 19.4. The Balaban J connectivity index is 1.95. The first-order chi connectivity index (χ1) is 15.8. The number of unbranched alkanes of at least 4 members (excludes halogenated alkanes) is 1. The molecule has 1 fully saturated rings. The number of hydrogen-bond donors (Lipinski definition) is 1. The van der Waals surface area contributed by atoms with Crippen LogP contribution in [0.25, 0.3) is 0 Å². The summed E-state index contributed by atoms with van der Waals surface area (Å²) in [7, 11) is 0. The molecule has 33 heavy (non-hydrogen) atoms. The second-order valence-electron chi connectivity index (χ2n) is 8.53. The zero-order chi connectivity index (χ0) is 24.2. The number of nitrogens with zero attached hydrogens (tertiary/aromatic N) is 3. The molecule has 1 N–H and O–H groups in total. The van der Waals surface area contributed by atoms with E-state index < -0.39 is 17.5 Å². The van der Waals surface area contributed by atoms with Crippen molar-refractivity contribution in [2.45, 2.75) is 77.9 Å². The van der Waals surface area contributed by atoms with Gasteiger partial charge in [-0.15, -0.1) is 0 Å². The lowest BCUT2D eigenvalue weighted by molar-refractivity contribution is -0.117. The number of hydrazone groups is 1. The molecule has 0 spiro atoms. The van der Waals surface area contributed by atoms with Crippen molar-refractivity contribution in [3.8, 4) is 0 Å². The van der Waals surface area contributed by atoms with Crippen molar-refractivity contribution in [1.29, 1.82) is 0 Å². The third-order valence-corrected chi connectivity index (χ3v) is 5.58. The van der Waals surface area contributed by atoms with E-state index in [2.05, 4.69) is 10.4 Å². The Labute approximate surface area is 193 Å². The summed E-state index contributed by atoms with van der Waals surface area (Å²) in [5, 5.41) is 8.01. The van der Waals surface area contributed by atoms with E-state index in [0.717, 1.165) is 43.1 Å². The predicted molar refractivity (Wildman–Crippen MR) is 125 cm³/mol. The van der Waals surface area contributed by atoms with Crippen LogP contribution in [-0.4, -0.2) is 40.7 Å². The normalized spacial score (nSPS) is 15.7. The number of halogens is 2. The minimum atomic E-state index is -1.36. The molecule has 1 amide bonds. The van der Waals surface area contributed by atoms with E-state index in [-0.39, 0.29) is 31.1 Å². The number of allylic oxidation sites excluding steroid dienone is 1. The summed E-state index contributed by atoms with van der Waals surface area (Å²) >= 11 is 0. The van der Waals surface area contributed by atoms with Crippen LogP contribution in [0.4, 0.5) is 14.5 Å².